The van der Waals surface area contributed by atoms with Crippen molar-refractivity contribution in [2.45, 2.75) is 19.8 Å². The van der Waals surface area contributed by atoms with Gasteiger partial charge >= 0.3 is 161 Å². The van der Waals surface area contributed by atoms with Crippen molar-refractivity contribution >= 4 is 33.8 Å². The molecule has 2 heterocycles. The SMILES string of the molecule is CC1=CC=C[I-]C=C1c1cc2cc(NC(=O)C3CC3)ncc2c(N)c1F. The molecule has 3 N–H and O–H groups in total. The molecule has 4 rings (SSSR count). The van der Waals surface area contributed by atoms with E-state index in [4.69, 9.17) is 5.73 Å². The number of aromatic nitrogens is 1. The molecule has 0 unspecified atom stereocenters. The van der Waals surface area contributed by atoms with Gasteiger partial charge in [0.1, 0.15) is 0 Å². The Labute approximate surface area is 161 Å². The molecule has 1 saturated carbocycles. The Morgan fingerprint density at radius 2 is 2.19 bits per heavy atom. The Balaban J connectivity index is 1.79. The summed E-state index contributed by atoms with van der Waals surface area (Å²) in [6.07, 6.45) is 7.39. The number of hydrogen-bond acceptors (Lipinski definition) is 3. The summed E-state index contributed by atoms with van der Waals surface area (Å²) < 4.78 is 19.2. The molecule has 0 saturated heterocycles. The molecule has 4 nitrogen and oxygen atoms in total. The van der Waals surface area contributed by atoms with Gasteiger partial charge in [-0.25, -0.2) is 0 Å². The summed E-state index contributed by atoms with van der Waals surface area (Å²) in [5, 5.41) is 4.16. The van der Waals surface area contributed by atoms with Gasteiger partial charge in [-0.2, -0.15) is 0 Å². The number of nitrogen functional groups attached to an aromatic ring is 1. The fourth-order valence-corrected chi connectivity index (χ4v) is 4.75. The quantitative estimate of drug-likeness (QED) is 0.533. The van der Waals surface area contributed by atoms with Gasteiger partial charge in [-0.1, -0.05) is 0 Å². The van der Waals surface area contributed by atoms with Crippen molar-refractivity contribution in [1.29, 1.82) is 0 Å². The first-order valence-corrected chi connectivity index (χ1v) is 10.9. The van der Waals surface area contributed by atoms with E-state index < -0.39 is 5.82 Å². The summed E-state index contributed by atoms with van der Waals surface area (Å²) in [5.74, 6) is 0.150. The third kappa shape index (κ3) is 3.25. The molecule has 1 fully saturated rings. The van der Waals surface area contributed by atoms with Gasteiger partial charge in [-0.3, -0.25) is 0 Å². The molecule has 26 heavy (non-hydrogen) atoms. The third-order valence-corrected chi connectivity index (χ3v) is 6.39. The second kappa shape index (κ2) is 6.83. The summed E-state index contributed by atoms with van der Waals surface area (Å²) in [5.41, 5.74) is 8.54. The van der Waals surface area contributed by atoms with E-state index in [0.717, 1.165) is 29.4 Å². The molecular weight excluding hydrogens is 444 g/mol. The molecule has 1 aromatic carbocycles. The van der Waals surface area contributed by atoms with Crippen LogP contribution in [-0.4, -0.2) is 10.9 Å². The van der Waals surface area contributed by atoms with E-state index in [9.17, 15) is 9.18 Å². The fourth-order valence-electron chi connectivity index (χ4n) is 2.90. The van der Waals surface area contributed by atoms with Crippen molar-refractivity contribution in [2.75, 3.05) is 11.1 Å². The average molecular weight is 462 g/mol. The first-order valence-electron chi connectivity index (χ1n) is 8.39. The van der Waals surface area contributed by atoms with Crippen LogP contribution in [-0.2, 0) is 4.79 Å². The van der Waals surface area contributed by atoms with E-state index in [1.54, 1.807) is 12.1 Å². The first kappa shape index (κ1) is 17.2. The minimum absolute atomic E-state index is 0.00626. The van der Waals surface area contributed by atoms with Crippen molar-refractivity contribution in [3.8, 4) is 0 Å². The minimum atomic E-state index is -0.418. The topological polar surface area (TPSA) is 68.0 Å². The Morgan fingerprint density at radius 3 is 2.96 bits per heavy atom. The number of halogens is 2. The second-order valence-electron chi connectivity index (χ2n) is 6.52. The summed E-state index contributed by atoms with van der Waals surface area (Å²) in [7, 11) is 0. The van der Waals surface area contributed by atoms with Crippen LogP contribution < -0.4 is 32.3 Å². The van der Waals surface area contributed by atoms with Crippen LogP contribution in [0.5, 0.6) is 0 Å². The Hall–Kier alpha value is -2.22. The fraction of sp³-hybridized carbons (Fsp3) is 0.200. The number of allylic oxidation sites excluding steroid dienone is 4. The van der Waals surface area contributed by atoms with E-state index in [-0.39, 0.29) is 38.7 Å². The van der Waals surface area contributed by atoms with Gasteiger partial charge < -0.3 is 0 Å². The molecule has 0 bridgehead atoms. The van der Waals surface area contributed by atoms with Gasteiger partial charge in [0.2, 0.25) is 0 Å². The number of nitrogens with zero attached hydrogens (tertiary/aromatic N) is 1. The van der Waals surface area contributed by atoms with Crippen LogP contribution in [0.2, 0.25) is 0 Å². The predicted molar refractivity (Wildman–Crippen MR) is 98.3 cm³/mol. The summed E-state index contributed by atoms with van der Waals surface area (Å²) in [6, 6.07) is 3.56. The van der Waals surface area contributed by atoms with Crippen molar-refractivity contribution < 1.29 is 30.4 Å². The second-order valence-corrected chi connectivity index (χ2v) is 8.58. The number of benzene rings is 1. The van der Waals surface area contributed by atoms with Gasteiger partial charge in [0.15, 0.2) is 0 Å². The zero-order chi connectivity index (χ0) is 18.3. The number of rotatable bonds is 3. The maximum absolute atomic E-state index is 14.9. The number of anilines is 2. The Bertz CT molecular complexity index is 1010. The van der Waals surface area contributed by atoms with Crippen LogP contribution in [0.25, 0.3) is 16.3 Å². The van der Waals surface area contributed by atoms with Gasteiger partial charge in [-0.05, 0) is 0 Å². The van der Waals surface area contributed by atoms with Gasteiger partial charge in [0, 0.05) is 0 Å². The number of hydrogen-bond donors (Lipinski definition) is 2. The molecule has 1 aromatic heterocycles. The molecular formula is C20H18FIN3O-. The molecule has 2 aromatic rings. The van der Waals surface area contributed by atoms with E-state index >= 15 is 0 Å². The maximum atomic E-state index is 14.9. The van der Waals surface area contributed by atoms with Crippen LogP contribution in [0.3, 0.4) is 0 Å². The van der Waals surface area contributed by atoms with E-state index in [0.29, 0.717) is 16.8 Å². The monoisotopic (exact) mass is 462 g/mol. The number of amides is 1. The summed E-state index contributed by atoms with van der Waals surface area (Å²) in [6.45, 7) is 1.97. The van der Waals surface area contributed by atoms with Crippen LogP contribution in [0.15, 0.2) is 44.2 Å². The van der Waals surface area contributed by atoms with Crippen molar-refractivity contribution in [1.82, 2.24) is 4.98 Å². The summed E-state index contributed by atoms with van der Waals surface area (Å²) in [4.78, 5) is 16.2. The molecule has 134 valence electrons. The number of carbonyl (C=O) groups is 1. The number of pyridine rings is 1. The predicted octanol–water partition coefficient (Wildman–Crippen LogP) is 1.21. The van der Waals surface area contributed by atoms with Gasteiger partial charge in [-0.15, -0.1) is 0 Å². The first-order chi connectivity index (χ1) is 12.5. The zero-order valence-electron chi connectivity index (χ0n) is 14.2. The van der Waals surface area contributed by atoms with Crippen molar-refractivity contribution in [2.24, 2.45) is 5.92 Å². The van der Waals surface area contributed by atoms with Crippen LogP contribution in [0.4, 0.5) is 15.9 Å². The van der Waals surface area contributed by atoms with E-state index in [1.165, 1.54) is 6.20 Å². The van der Waals surface area contributed by atoms with Crippen LogP contribution in [0, 0.1) is 11.7 Å². The molecule has 0 radical (unpaired) electrons. The normalized spacial score (nSPS) is 17.2. The Morgan fingerprint density at radius 1 is 1.38 bits per heavy atom. The number of nitrogens with one attached hydrogen (secondary N) is 1. The van der Waals surface area contributed by atoms with E-state index in [1.807, 2.05) is 19.1 Å². The van der Waals surface area contributed by atoms with Crippen molar-refractivity contribution in [3.05, 3.63) is 55.6 Å². The third-order valence-electron chi connectivity index (χ3n) is 4.58. The standard InChI is InChI=1S/C20H18FIN3O/c1-11-3-2-6-22-9-15(11)14-7-13-8-17(25-20(26)12-4-5-12)24-10-16(13)19(23)18(14)21/h2-3,6-10,12H,4-5,23H2,1H3,(H,24,25,26)/q-1. The summed E-state index contributed by atoms with van der Waals surface area (Å²) >= 11 is -0.263. The molecule has 0 spiro atoms. The molecule has 0 atom stereocenters. The van der Waals surface area contributed by atoms with E-state index in [2.05, 4.69) is 18.5 Å². The van der Waals surface area contributed by atoms with Gasteiger partial charge in [0.25, 0.3) is 0 Å². The van der Waals surface area contributed by atoms with Crippen LogP contribution >= 0.6 is 0 Å². The molecule has 1 aliphatic carbocycles. The molecule has 6 heteroatoms. The molecule has 1 amide bonds. The van der Waals surface area contributed by atoms with Crippen LogP contribution in [0.1, 0.15) is 25.3 Å². The molecule has 2 aliphatic rings. The van der Waals surface area contributed by atoms with Gasteiger partial charge in [0.05, 0.1) is 0 Å². The average Bonchev–Trinajstić information content (AvgIpc) is 3.46. The number of carbonyl (C=O) groups excluding carboxylic acids is 1. The zero-order valence-corrected chi connectivity index (χ0v) is 16.4. The Kier molecular flexibility index (Phi) is 4.52. The number of nitrogens with two attached hydrogens (primary N) is 1. The number of fused-ring (bicyclic) bond motifs is 1. The molecule has 1 aliphatic heterocycles. The van der Waals surface area contributed by atoms with Crippen molar-refractivity contribution in [3.63, 3.8) is 0 Å².